The van der Waals surface area contributed by atoms with Crippen LogP contribution in [0.5, 0.6) is 0 Å². The van der Waals surface area contributed by atoms with E-state index in [4.69, 9.17) is 9.47 Å². The standard InChI is InChI=1S/C18H34N4O5/c1-17(2,3)26-15(24)21-14(22-16(25)27-18(4,5)6)20-10-8-12-7-9-19-13(12)11-23/h12-13,19,23H,7-11H2,1-6H3,(H2,20,21,22,24,25)/t12-,13-/m1/s1. The molecule has 0 saturated carbocycles. The van der Waals surface area contributed by atoms with Gasteiger partial charge < -0.3 is 19.9 Å². The lowest BCUT2D eigenvalue weighted by atomic mass is 9.98. The largest absolute Gasteiger partial charge is 0.444 e. The molecular formula is C18H34N4O5. The molecule has 27 heavy (non-hydrogen) atoms. The fourth-order valence-electron chi connectivity index (χ4n) is 2.63. The lowest BCUT2D eigenvalue weighted by Crippen LogP contribution is -2.47. The van der Waals surface area contributed by atoms with Crippen molar-refractivity contribution in [3.63, 3.8) is 0 Å². The minimum Gasteiger partial charge on any atom is -0.444 e. The van der Waals surface area contributed by atoms with Crippen LogP contribution in [0.15, 0.2) is 4.99 Å². The molecule has 1 heterocycles. The highest BCUT2D eigenvalue weighted by Crippen LogP contribution is 2.19. The molecule has 0 unspecified atom stereocenters. The van der Waals surface area contributed by atoms with Crippen molar-refractivity contribution >= 4 is 18.1 Å². The first-order chi connectivity index (χ1) is 12.4. The molecule has 0 aromatic rings. The Bertz CT molecular complexity index is 505. The first-order valence-corrected chi connectivity index (χ1v) is 9.28. The minimum atomic E-state index is -0.715. The van der Waals surface area contributed by atoms with Gasteiger partial charge in [0.1, 0.15) is 11.2 Å². The van der Waals surface area contributed by atoms with Crippen molar-refractivity contribution in [2.24, 2.45) is 10.9 Å². The van der Waals surface area contributed by atoms with E-state index in [9.17, 15) is 14.7 Å². The number of alkyl carbamates (subject to hydrolysis) is 2. The Morgan fingerprint density at radius 1 is 1.07 bits per heavy atom. The predicted molar refractivity (Wildman–Crippen MR) is 103 cm³/mol. The van der Waals surface area contributed by atoms with E-state index in [1.165, 1.54) is 0 Å². The molecule has 0 spiro atoms. The van der Waals surface area contributed by atoms with Crippen molar-refractivity contribution in [1.29, 1.82) is 0 Å². The molecule has 0 aliphatic carbocycles. The molecule has 156 valence electrons. The van der Waals surface area contributed by atoms with Crippen LogP contribution >= 0.6 is 0 Å². The number of aliphatic imine (C=N–C) groups is 1. The van der Waals surface area contributed by atoms with Gasteiger partial charge in [-0.1, -0.05) is 0 Å². The normalized spacial score (nSPS) is 20.0. The second-order valence-electron chi connectivity index (χ2n) is 8.56. The molecule has 0 radical (unpaired) electrons. The summed E-state index contributed by atoms with van der Waals surface area (Å²) in [6.07, 6.45) is 0.240. The zero-order chi connectivity index (χ0) is 20.7. The van der Waals surface area contributed by atoms with Gasteiger partial charge in [0, 0.05) is 12.6 Å². The maximum Gasteiger partial charge on any atom is 0.414 e. The van der Waals surface area contributed by atoms with Crippen LogP contribution in [0.3, 0.4) is 0 Å². The number of carbonyl (C=O) groups is 2. The predicted octanol–water partition coefficient (Wildman–Crippen LogP) is 1.75. The van der Waals surface area contributed by atoms with E-state index in [0.717, 1.165) is 13.0 Å². The second kappa shape index (κ2) is 9.89. The highest BCUT2D eigenvalue weighted by atomic mass is 16.6. The third-order valence-corrected chi connectivity index (χ3v) is 3.70. The van der Waals surface area contributed by atoms with Gasteiger partial charge in [-0.2, -0.15) is 0 Å². The van der Waals surface area contributed by atoms with Crippen LogP contribution in [0.4, 0.5) is 9.59 Å². The summed E-state index contributed by atoms with van der Waals surface area (Å²) in [6, 6.07) is 0.0567. The third-order valence-electron chi connectivity index (χ3n) is 3.70. The highest BCUT2D eigenvalue weighted by molar-refractivity contribution is 6.01. The van der Waals surface area contributed by atoms with Crippen molar-refractivity contribution in [3.8, 4) is 0 Å². The third kappa shape index (κ3) is 10.1. The Morgan fingerprint density at radius 2 is 1.59 bits per heavy atom. The summed E-state index contributed by atoms with van der Waals surface area (Å²) in [7, 11) is 0. The minimum absolute atomic E-state index is 0.0231. The number of aliphatic hydroxyl groups is 1. The van der Waals surface area contributed by atoms with Gasteiger partial charge in [-0.15, -0.1) is 0 Å². The van der Waals surface area contributed by atoms with E-state index in [0.29, 0.717) is 18.9 Å². The summed E-state index contributed by atoms with van der Waals surface area (Å²) in [5.41, 5.74) is -1.35. The first-order valence-electron chi connectivity index (χ1n) is 9.28. The number of guanidine groups is 1. The fraction of sp³-hybridized carbons (Fsp3) is 0.833. The number of carbonyl (C=O) groups excluding carboxylic acids is 2. The zero-order valence-corrected chi connectivity index (χ0v) is 17.2. The maximum atomic E-state index is 12.0. The molecule has 1 saturated heterocycles. The molecule has 0 aromatic heterocycles. The first kappa shape index (κ1) is 23.2. The average Bonchev–Trinajstić information content (AvgIpc) is 2.90. The van der Waals surface area contributed by atoms with Crippen LogP contribution in [-0.2, 0) is 9.47 Å². The van der Waals surface area contributed by atoms with Gasteiger partial charge in [-0.3, -0.25) is 15.6 Å². The van der Waals surface area contributed by atoms with Gasteiger partial charge in [0.05, 0.1) is 6.61 Å². The number of nitrogens with zero attached hydrogens (tertiary/aromatic N) is 1. The summed E-state index contributed by atoms with van der Waals surface area (Å²) in [5.74, 6) is 0.271. The molecule has 9 nitrogen and oxygen atoms in total. The van der Waals surface area contributed by atoms with E-state index >= 15 is 0 Å². The number of amides is 2. The van der Waals surface area contributed by atoms with Crippen molar-refractivity contribution in [2.75, 3.05) is 19.7 Å². The SMILES string of the molecule is CC(C)(C)OC(=O)NC(=NCC[C@H]1CCN[C@@H]1CO)NC(=O)OC(C)(C)C. The van der Waals surface area contributed by atoms with Crippen molar-refractivity contribution in [1.82, 2.24) is 16.0 Å². The number of hydrogen-bond donors (Lipinski definition) is 4. The molecule has 0 bridgehead atoms. The molecule has 9 heteroatoms. The number of rotatable bonds is 4. The fourth-order valence-corrected chi connectivity index (χ4v) is 2.63. The maximum absolute atomic E-state index is 12.0. The van der Waals surface area contributed by atoms with Crippen LogP contribution in [0, 0.1) is 5.92 Å². The zero-order valence-electron chi connectivity index (χ0n) is 17.2. The molecule has 4 N–H and O–H groups in total. The Morgan fingerprint density at radius 3 is 2.04 bits per heavy atom. The van der Waals surface area contributed by atoms with E-state index in [-0.39, 0.29) is 18.6 Å². The molecular weight excluding hydrogens is 352 g/mol. The Balaban J connectivity index is 2.70. The molecule has 0 aromatic carbocycles. The Labute approximate surface area is 161 Å². The lowest BCUT2D eigenvalue weighted by Gasteiger charge is -2.22. The molecule has 1 aliphatic heterocycles. The van der Waals surface area contributed by atoms with Gasteiger partial charge in [0.25, 0.3) is 0 Å². The van der Waals surface area contributed by atoms with E-state index < -0.39 is 23.4 Å². The van der Waals surface area contributed by atoms with Gasteiger partial charge in [-0.05, 0) is 66.8 Å². The topological polar surface area (TPSA) is 121 Å². The number of aliphatic hydroxyl groups excluding tert-OH is 1. The molecule has 1 aliphatic rings. The summed E-state index contributed by atoms with van der Waals surface area (Å²) < 4.78 is 10.4. The quantitative estimate of drug-likeness (QED) is 0.431. The highest BCUT2D eigenvalue weighted by Gasteiger charge is 2.26. The van der Waals surface area contributed by atoms with Crippen LogP contribution in [-0.4, -0.2) is 60.2 Å². The molecule has 1 rings (SSSR count). The summed E-state index contributed by atoms with van der Waals surface area (Å²) in [4.78, 5) is 28.3. The van der Waals surface area contributed by atoms with Gasteiger partial charge in [0.15, 0.2) is 0 Å². The van der Waals surface area contributed by atoms with Crippen LogP contribution in [0.25, 0.3) is 0 Å². The van der Waals surface area contributed by atoms with Crippen LogP contribution in [0.1, 0.15) is 54.4 Å². The Kier molecular flexibility index (Phi) is 8.49. The summed E-state index contributed by atoms with van der Waals surface area (Å²) in [6.45, 7) is 11.8. The number of hydrogen-bond acceptors (Lipinski definition) is 7. The monoisotopic (exact) mass is 386 g/mol. The van der Waals surface area contributed by atoms with Crippen LogP contribution in [0.2, 0.25) is 0 Å². The van der Waals surface area contributed by atoms with E-state index in [1.54, 1.807) is 41.5 Å². The Hall–Kier alpha value is -1.87. The van der Waals surface area contributed by atoms with Gasteiger partial charge in [-0.25, -0.2) is 9.59 Å². The average molecular weight is 386 g/mol. The molecule has 2 atom stereocenters. The number of nitrogens with one attached hydrogen (secondary N) is 3. The van der Waals surface area contributed by atoms with Crippen molar-refractivity contribution < 1.29 is 24.2 Å². The lowest BCUT2D eigenvalue weighted by molar-refractivity contribution is 0.0545. The number of ether oxygens (including phenoxy) is 2. The van der Waals surface area contributed by atoms with Crippen LogP contribution < -0.4 is 16.0 Å². The van der Waals surface area contributed by atoms with E-state index in [1.807, 2.05) is 0 Å². The summed E-state index contributed by atoms with van der Waals surface area (Å²) >= 11 is 0. The second-order valence-corrected chi connectivity index (χ2v) is 8.56. The van der Waals surface area contributed by atoms with E-state index in [2.05, 4.69) is 20.9 Å². The van der Waals surface area contributed by atoms with Gasteiger partial charge >= 0.3 is 12.2 Å². The smallest absolute Gasteiger partial charge is 0.414 e. The molecule has 1 fully saturated rings. The van der Waals surface area contributed by atoms with Crippen molar-refractivity contribution in [2.45, 2.75) is 71.6 Å². The van der Waals surface area contributed by atoms with Gasteiger partial charge in [0.2, 0.25) is 5.96 Å². The summed E-state index contributed by atoms with van der Waals surface area (Å²) in [5, 5.41) is 17.5. The molecule has 2 amide bonds. The van der Waals surface area contributed by atoms with Crippen molar-refractivity contribution in [3.05, 3.63) is 0 Å².